The van der Waals surface area contributed by atoms with Gasteiger partial charge in [0.1, 0.15) is 13.2 Å². The van der Waals surface area contributed by atoms with Crippen LogP contribution in [-0.2, 0) is 22.7 Å². The van der Waals surface area contributed by atoms with Crippen molar-refractivity contribution in [1.29, 1.82) is 0 Å². The summed E-state index contributed by atoms with van der Waals surface area (Å²) in [5.41, 5.74) is 2.66. The summed E-state index contributed by atoms with van der Waals surface area (Å²) in [5, 5.41) is 0. The summed E-state index contributed by atoms with van der Waals surface area (Å²) in [6, 6.07) is 3.37. The van der Waals surface area contributed by atoms with E-state index < -0.39 is 0 Å². The van der Waals surface area contributed by atoms with E-state index >= 15 is 0 Å². The average molecular weight is 190 g/mol. The molecule has 70 valence electrons. The lowest BCUT2D eigenvalue weighted by Crippen LogP contribution is -1.98. The van der Waals surface area contributed by atoms with Crippen molar-refractivity contribution in [1.82, 2.24) is 0 Å². The Hall–Kier alpha value is -1.84. The highest BCUT2D eigenvalue weighted by molar-refractivity contribution is 5.99. The van der Waals surface area contributed by atoms with Crippen molar-refractivity contribution in [2.45, 2.75) is 13.2 Å². The predicted molar refractivity (Wildman–Crippen MR) is 44.7 cm³/mol. The molecule has 0 radical (unpaired) electrons. The minimum absolute atomic E-state index is 0.301. The van der Waals surface area contributed by atoms with E-state index in [1.54, 1.807) is 12.1 Å². The van der Waals surface area contributed by atoms with Crippen molar-refractivity contribution < 1.29 is 19.1 Å². The monoisotopic (exact) mass is 190 g/mol. The normalized spacial score (nSPS) is 17.4. The Morgan fingerprint density at radius 3 is 1.86 bits per heavy atom. The van der Waals surface area contributed by atoms with Crippen molar-refractivity contribution in [2.75, 3.05) is 0 Å². The third-order valence-electron chi connectivity index (χ3n) is 2.49. The van der Waals surface area contributed by atoms with Gasteiger partial charge in [-0.3, -0.25) is 0 Å². The van der Waals surface area contributed by atoms with E-state index in [2.05, 4.69) is 0 Å². The predicted octanol–water partition coefficient (Wildman–Crippen LogP) is 1.03. The molecule has 14 heavy (non-hydrogen) atoms. The lowest BCUT2D eigenvalue weighted by atomic mass is 10.0. The van der Waals surface area contributed by atoms with E-state index in [0.717, 1.165) is 11.1 Å². The third kappa shape index (κ3) is 0.824. The maximum atomic E-state index is 11.2. The number of rotatable bonds is 0. The zero-order valence-electron chi connectivity index (χ0n) is 7.20. The standard InChI is InChI=1S/C10H6O4/c11-9-7-2-8-6(4-14-10(8)12)1-5(7)3-13-9/h1-2H,3-4H2. The van der Waals surface area contributed by atoms with Crippen LogP contribution in [0.25, 0.3) is 0 Å². The Kier molecular flexibility index (Phi) is 1.27. The van der Waals surface area contributed by atoms with Crippen LogP contribution in [0.15, 0.2) is 12.1 Å². The average Bonchev–Trinajstić information content (AvgIpc) is 2.71. The summed E-state index contributed by atoms with van der Waals surface area (Å²) in [4.78, 5) is 22.4. The molecule has 2 aliphatic heterocycles. The lowest BCUT2D eigenvalue weighted by molar-refractivity contribution is 0.0535. The van der Waals surface area contributed by atoms with Gasteiger partial charge in [0.05, 0.1) is 11.1 Å². The molecular weight excluding hydrogens is 184 g/mol. The smallest absolute Gasteiger partial charge is 0.338 e. The lowest BCUT2D eigenvalue weighted by Gasteiger charge is -1.96. The van der Waals surface area contributed by atoms with Gasteiger partial charge in [0.15, 0.2) is 0 Å². The van der Waals surface area contributed by atoms with Gasteiger partial charge in [-0.2, -0.15) is 0 Å². The Bertz CT molecular complexity index is 422. The summed E-state index contributed by atoms with van der Waals surface area (Å²) in [5.74, 6) is -0.718. The van der Waals surface area contributed by atoms with Gasteiger partial charge >= 0.3 is 11.9 Å². The van der Waals surface area contributed by atoms with Crippen LogP contribution in [0.1, 0.15) is 31.8 Å². The molecule has 2 heterocycles. The quantitative estimate of drug-likeness (QED) is 0.573. The van der Waals surface area contributed by atoms with Gasteiger partial charge in [0, 0.05) is 11.1 Å². The molecule has 1 aromatic rings. The molecule has 2 aliphatic rings. The van der Waals surface area contributed by atoms with E-state index in [-0.39, 0.29) is 11.9 Å². The second kappa shape index (κ2) is 2.35. The summed E-state index contributed by atoms with van der Waals surface area (Å²) >= 11 is 0. The van der Waals surface area contributed by atoms with Crippen molar-refractivity contribution in [3.05, 3.63) is 34.4 Å². The number of benzene rings is 1. The molecule has 0 saturated carbocycles. The number of hydrogen-bond donors (Lipinski definition) is 0. The molecular formula is C10H6O4. The van der Waals surface area contributed by atoms with E-state index in [1.807, 2.05) is 0 Å². The van der Waals surface area contributed by atoms with E-state index in [1.165, 1.54) is 0 Å². The van der Waals surface area contributed by atoms with Gasteiger partial charge in [0.2, 0.25) is 0 Å². The number of hydrogen-bond acceptors (Lipinski definition) is 4. The number of esters is 2. The molecule has 4 nitrogen and oxygen atoms in total. The van der Waals surface area contributed by atoms with Crippen LogP contribution >= 0.6 is 0 Å². The number of carbonyl (C=O) groups is 2. The highest BCUT2D eigenvalue weighted by Gasteiger charge is 2.28. The molecule has 0 fully saturated rings. The first kappa shape index (κ1) is 7.55. The number of cyclic esters (lactones) is 2. The summed E-state index contributed by atoms with van der Waals surface area (Å²) < 4.78 is 9.69. The third-order valence-corrected chi connectivity index (χ3v) is 2.49. The van der Waals surface area contributed by atoms with Gasteiger partial charge in [-0.25, -0.2) is 9.59 Å². The second-order valence-electron chi connectivity index (χ2n) is 3.32. The van der Waals surface area contributed by atoms with E-state index in [9.17, 15) is 9.59 Å². The molecule has 0 spiro atoms. The molecule has 0 saturated heterocycles. The highest BCUT2D eigenvalue weighted by Crippen LogP contribution is 2.28. The molecule has 0 unspecified atom stereocenters. The fourth-order valence-electron chi connectivity index (χ4n) is 1.76. The maximum Gasteiger partial charge on any atom is 0.338 e. The molecule has 0 atom stereocenters. The Morgan fingerprint density at radius 2 is 1.36 bits per heavy atom. The van der Waals surface area contributed by atoms with Crippen LogP contribution in [0.5, 0.6) is 0 Å². The molecule has 1 aromatic carbocycles. The van der Waals surface area contributed by atoms with Crippen molar-refractivity contribution >= 4 is 11.9 Å². The molecule has 0 aliphatic carbocycles. The zero-order chi connectivity index (χ0) is 9.71. The van der Waals surface area contributed by atoms with Crippen molar-refractivity contribution in [3.63, 3.8) is 0 Å². The van der Waals surface area contributed by atoms with Gasteiger partial charge in [-0.05, 0) is 12.1 Å². The Morgan fingerprint density at radius 1 is 0.857 bits per heavy atom. The molecule has 3 rings (SSSR count). The van der Waals surface area contributed by atoms with Crippen LogP contribution in [0, 0.1) is 0 Å². The first-order valence-electron chi connectivity index (χ1n) is 4.26. The van der Waals surface area contributed by atoms with Crippen LogP contribution in [0.3, 0.4) is 0 Å². The largest absolute Gasteiger partial charge is 0.457 e. The van der Waals surface area contributed by atoms with Crippen LogP contribution < -0.4 is 0 Å². The fourth-order valence-corrected chi connectivity index (χ4v) is 1.76. The zero-order valence-corrected chi connectivity index (χ0v) is 7.20. The fraction of sp³-hybridized carbons (Fsp3) is 0.200. The summed E-state index contributed by atoms with van der Waals surface area (Å²) in [6.45, 7) is 0.602. The highest BCUT2D eigenvalue weighted by atomic mass is 16.5. The molecule has 0 N–H and O–H groups in total. The Labute approximate surface area is 79.4 Å². The van der Waals surface area contributed by atoms with Gasteiger partial charge in [-0.15, -0.1) is 0 Å². The first-order valence-corrected chi connectivity index (χ1v) is 4.26. The summed E-state index contributed by atoms with van der Waals surface area (Å²) in [7, 11) is 0. The van der Waals surface area contributed by atoms with Crippen molar-refractivity contribution in [2.24, 2.45) is 0 Å². The number of fused-ring (bicyclic) bond motifs is 2. The Balaban J connectivity index is 2.25. The SMILES string of the molecule is O=C1OCc2cc3c(cc21)C(=O)OC3. The van der Waals surface area contributed by atoms with Gasteiger partial charge in [0.25, 0.3) is 0 Å². The minimum Gasteiger partial charge on any atom is -0.457 e. The number of carbonyl (C=O) groups excluding carboxylic acids is 2. The topological polar surface area (TPSA) is 52.6 Å². The summed E-state index contributed by atoms with van der Waals surface area (Å²) in [6.07, 6.45) is 0. The van der Waals surface area contributed by atoms with Crippen LogP contribution in [0.4, 0.5) is 0 Å². The van der Waals surface area contributed by atoms with E-state index in [0.29, 0.717) is 24.3 Å². The first-order chi connectivity index (χ1) is 6.75. The second-order valence-corrected chi connectivity index (χ2v) is 3.32. The van der Waals surface area contributed by atoms with Crippen molar-refractivity contribution in [3.8, 4) is 0 Å². The molecule has 0 amide bonds. The van der Waals surface area contributed by atoms with Crippen LogP contribution in [0.2, 0.25) is 0 Å². The number of ether oxygens (including phenoxy) is 2. The molecule has 0 bridgehead atoms. The van der Waals surface area contributed by atoms with Gasteiger partial charge in [-0.1, -0.05) is 0 Å². The van der Waals surface area contributed by atoms with Gasteiger partial charge < -0.3 is 9.47 Å². The van der Waals surface area contributed by atoms with E-state index in [4.69, 9.17) is 9.47 Å². The molecule has 4 heteroatoms. The van der Waals surface area contributed by atoms with Crippen LogP contribution in [-0.4, -0.2) is 11.9 Å². The molecule has 0 aromatic heterocycles. The minimum atomic E-state index is -0.359. The maximum absolute atomic E-state index is 11.2.